The van der Waals surface area contributed by atoms with Crippen LogP contribution in [0.5, 0.6) is 0 Å². The molecule has 1 aromatic rings. The molecule has 1 aromatic carbocycles. The molecule has 0 bridgehead atoms. The average Bonchev–Trinajstić information content (AvgIpc) is 2.74. The molecule has 0 aromatic heterocycles. The largest absolute Gasteiger partial charge is 0.395 e. The molecule has 3 amide bonds. The first kappa shape index (κ1) is 22.1. The van der Waals surface area contributed by atoms with Gasteiger partial charge < -0.3 is 25.5 Å². The number of nitrogens with zero attached hydrogens (tertiary/aromatic N) is 2. The molecule has 8 heteroatoms. The highest BCUT2D eigenvalue weighted by molar-refractivity contribution is 6.02. The van der Waals surface area contributed by atoms with Gasteiger partial charge in [0.15, 0.2) is 0 Å². The van der Waals surface area contributed by atoms with Crippen LogP contribution in [-0.2, 0) is 9.59 Å². The Labute approximate surface area is 177 Å². The van der Waals surface area contributed by atoms with Gasteiger partial charge in [-0.05, 0) is 18.6 Å². The van der Waals surface area contributed by atoms with E-state index in [1.165, 1.54) is 6.92 Å². The smallest absolute Gasteiger partial charge is 0.257 e. The van der Waals surface area contributed by atoms with Gasteiger partial charge in [-0.25, -0.2) is 0 Å². The molecule has 1 fully saturated rings. The van der Waals surface area contributed by atoms with Gasteiger partial charge >= 0.3 is 0 Å². The quantitative estimate of drug-likeness (QED) is 0.626. The van der Waals surface area contributed by atoms with Crippen molar-refractivity contribution in [3.8, 4) is 0 Å². The summed E-state index contributed by atoms with van der Waals surface area (Å²) in [6.45, 7) is 4.55. The Morgan fingerprint density at radius 3 is 2.60 bits per heavy atom. The molecule has 0 saturated carbocycles. The van der Waals surface area contributed by atoms with E-state index in [0.29, 0.717) is 37.9 Å². The van der Waals surface area contributed by atoms with E-state index in [9.17, 15) is 19.5 Å². The van der Waals surface area contributed by atoms with Crippen LogP contribution in [0.2, 0.25) is 0 Å². The molecule has 30 heavy (non-hydrogen) atoms. The lowest BCUT2D eigenvalue weighted by Crippen LogP contribution is -2.65. The number of benzene rings is 1. The number of nitrogens with one attached hydrogen (secondary N) is 2. The molecule has 1 saturated heterocycles. The molecule has 2 aliphatic heterocycles. The van der Waals surface area contributed by atoms with Gasteiger partial charge in [0, 0.05) is 45.1 Å². The van der Waals surface area contributed by atoms with Gasteiger partial charge in [-0.2, -0.15) is 0 Å². The Morgan fingerprint density at radius 2 is 1.97 bits per heavy atom. The van der Waals surface area contributed by atoms with Crippen LogP contribution in [0, 0.1) is 0 Å². The second kappa shape index (κ2) is 9.47. The number of carbonyl (C=O) groups is 3. The molecule has 164 valence electrons. The number of unbranched alkanes of at least 4 members (excludes halogenated alkanes) is 1. The van der Waals surface area contributed by atoms with Crippen LogP contribution in [-0.4, -0.2) is 70.6 Å². The zero-order valence-electron chi connectivity index (χ0n) is 17.8. The zero-order valence-corrected chi connectivity index (χ0v) is 17.8. The molecule has 3 rings (SSSR count). The Hall–Kier alpha value is -2.61. The third-order valence-corrected chi connectivity index (χ3v) is 6.03. The number of β-amino-alcohol motifs (C(OH)–C–C–N with tert-alkyl or cyclic N) is 1. The van der Waals surface area contributed by atoms with Crippen molar-refractivity contribution in [3.05, 3.63) is 29.8 Å². The highest BCUT2D eigenvalue weighted by atomic mass is 16.3. The number of likely N-dealkylation sites (tertiary alicyclic amines) is 1. The van der Waals surface area contributed by atoms with Gasteiger partial charge in [-0.15, -0.1) is 0 Å². The second-order valence-electron chi connectivity index (χ2n) is 8.10. The predicted octanol–water partition coefficient (Wildman–Crippen LogP) is 1.56. The molecule has 0 radical (unpaired) electrons. The maximum absolute atomic E-state index is 13.1. The third kappa shape index (κ3) is 4.43. The Balaban J connectivity index is 1.75. The standard InChI is InChI=1S/C22H32N4O4/c1-3-4-8-19(23-16(2)28)21(30)25-12-10-22(11-13-25)24-18-9-6-5-7-17(18)20(29)26(22)14-15-27/h5-7,9,19,24,27H,3-4,8,10-15H2,1-2H3,(H,23,28). The summed E-state index contributed by atoms with van der Waals surface area (Å²) in [7, 11) is 0. The molecule has 1 atom stereocenters. The lowest BCUT2D eigenvalue weighted by Gasteiger charge is -2.52. The van der Waals surface area contributed by atoms with Crippen LogP contribution in [0.1, 0.15) is 56.3 Å². The van der Waals surface area contributed by atoms with Gasteiger partial charge in [-0.1, -0.05) is 31.9 Å². The maximum Gasteiger partial charge on any atom is 0.257 e. The summed E-state index contributed by atoms with van der Waals surface area (Å²) in [5.74, 6) is -0.370. The molecule has 1 unspecified atom stereocenters. The van der Waals surface area contributed by atoms with E-state index in [-0.39, 0.29) is 30.9 Å². The van der Waals surface area contributed by atoms with Crippen molar-refractivity contribution in [2.24, 2.45) is 0 Å². The minimum Gasteiger partial charge on any atom is -0.395 e. The monoisotopic (exact) mass is 416 g/mol. The summed E-state index contributed by atoms with van der Waals surface area (Å²) in [6.07, 6.45) is 3.55. The van der Waals surface area contributed by atoms with E-state index in [0.717, 1.165) is 18.5 Å². The number of aliphatic hydroxyl groups excluding tert-OH is 1. The Kier molecular flexibility index (Phi) is 6.97. The lowest BCUT2D eigenvalue weighted by molar-refractivity contribution is -0.138. The fourth-order valence-electron chi connectivity index (χ4n) is 4.48. The van der Waals surface area contributed by atoms with Crippen LogP contribution in [0.15, 0.2) is 24.3 Å². The van der Waals surface area contributed by atoms with Gasteiger partial charge in [0.25, 0.3) is 5.91 Å². The van der Waals surface area contributed by atoms with Gasteiger partial charge in [0.05, 0.1) is 12.2 Å². The first-order valence-electron chi connectivity index (χ1n) is 10.8. The van der Waals surface area contributed by atoms with Crippen LogP contribution in [0.3, 0.4) is 0 Å². The van der Waals surface area contributed by atoms with Crippen LogP contribution >= 0.6 is 0 Å². The number of piperidine rings is 1. The second-order valence-corrected chi connectivity index (χ2v) is 8.10. The molecular weight excluding hydrogens is 384 g/mol. The number of para-hydroxylation sites is 1. The highest BCUT2D eigenvalue weighted by Gasteiger charge is 2.47. The van der Waals surface area contributed by atoms with Crippen molar-refractivity contribution >= 4 is 23.4 Å². The van der Waals surface area contributed by atoms with Crippen molar-refractivity contribution in [2.75, 3.05) is 31.6 Å². The highest BCUT2D eigenvalue weighted by Crippen LogP contribution is 2.37. The van der Waals surface area contributed by atoms with E-state index in [1.807, 2.05) is 18.2 Å². The number of carbonyl (C=O) groups excluding carboxylic acids is 3. The number of hydrogen-bond acceptors (Lipinski definition) is 5. The Morgan fingerprint density at radius 1 is 1.27 bits per heavy atom. The van der Waals surface area contributed by atoms with Crippen LogP contribution in [0.4, 0.5) is 5.69 Å². The summed E-state index contributed by atoms with van der Waals surface area (Å²) in [4.78, 5) is 41.2. The zero-order chi connectivity index (χ0) is 21.7. The fraction of sp³-hybridized carbons (Fsp3) is 0.591. The van der Waals surface area contributed by atoms with E-state index >= 15 is 0 Å². The third-order valence-electron chi connectivity index (χ3n) is 6.03. The van der Waals surface area contributed by atoms with E-state index in [4.69, 9.17) is 0 Å². The fourth-order valence-corrected chi connectivity index (χ4v) is 4.48. The maximum atomic E-state index is 13.1. The number of hydrogen-bond donors (Lipinski definition) is 3. The molecule has 3 N–H and O–H groups in total. The van der Waals surface area contributed by atoms with Crippen molar-refractivity contribution < 1.29 is 19.5 Å². The average molecular weight is 417 g/mol. The predicted molar refractivity (Wildman–Crippen MR) is 114 cm³/mol. The van der Waals surface area contributed by atoms with Crippen molar-refractivity contribution in [1.82, 2.24) is 15.1 Å². The van der Waals surface area contributed by atoms with Crippen molar-refractivity contribution in [1.29, 1.82) is 0 Å². The molecule has 8 nitrogen and oxygen atoms in total. The van der Waals surface area contributed by atoms with Gasteiger partial charge in [0.2, 0.25) is 11.8 Å². The summed E-state index contributed by atoms with van der Waals surface area (Å²) < 4.78 is 0. The van der Waals surface area contributed by atoms with E-state index in [2.05, 4.69) is 17.6 Å². The number of rotatable bonds is 7. The molecule has 2 heterocycles. The summed E-state index contributed by atoms with van der Waals surface area (Å²) >= 11 is 0. The number of fused-ring (bicyclic) bond motifs is 1. The van der Waals surface area contributed by atoms with Crippen LogP contribution in [0.25, 0.3) is 0 Å². The van der Waals surface area contributed by atoms with Crippen molar-refractivity contribution in [3.63, 3.8) is 0 Å². The van der Waals surface area contributed by atoms with E-state index in [1.54, 1.807) is 15.9 Å². The number of amides is 3. The first-order chi connectivity index (χ1) is 14.4. The molecule has 2 aliphatic rings. The number of aliphatic hydroxyl groups is 1. The summed E-state index contributed by atoms with van der Waals surface area (Å²) in [5.41, 5.74) is 0.758. The first-order valence-corrected chi connectivity index (χ1v) is 10.8. The summed E-state index contributed by atoms with van der Waals surface area (Å²) in [6, 6.07) is 6.88. The normalized spacial score (nSPS) is 18.6. The van der Waals surface area contributed by atoms with Gasteiger partial charge in [0.1, 0.15) is 11.7 Å². The van der Waals surface area contributed by atoms with Crippen molar-refractivity contribution in [2.45, 2.75) is 57.7 Å². The molecule has 0 aliphatic carbocycles. The summed E-state index contributed by atoms with van der Waals surface area (Å²) in [5, 5.41) is 15.9. The number of anilines is 1. The minimum atomic E-state index is -0.627. The Bertz CT molecular complexity index is 789. The van der Waals surface area contributed by atoms with E-state index < -0.39 is 11.7 Å². The lowest BCUT2D eigenvalue weighted by atomic mass is 9.89. The topological polar surface area (TPSA) is 102 Å². The minimum absolute atomic E-state index is 0.0651. The molecular formula is C22H32N4O4. The van der Waals surface area contributed by atoms with Crippen LogP contribution < -0.4 is 10.6 Å². The molecule has 1 spiro atoms. The SMILES string of the molecule is CCCCC(NC(C)=O)C(=O)N1CCC2(CC1)Nc1ccccc1C(=O)N2CCO. The van der Waals surface area contributed by atoms with Gasteiger partial charge in [-0.3, -0.25) is 14.4 Å².